The van der Waals surface area contributed by atoms with E-state index in [0.29, 0.717) is 0 Å². The van der Waals surface area contributed by atoms with Gasteiger partial charge in [-0.2, -0.15) is 0 Å². The summed E-state index contributed by atoms with van der Waals surface area (Å²) >= 11 is 0. The summed E-state index contributed by atoms with van der Waals surface area (Å²) in [7, 11) is 1.55. The fourth-order valence-electron chi connectivity index (χ4n) is 6.07. The Labute approximate surface area is 261 Å². The second-order valence-electron chi connectivity index (χ2n) is 10.4. The van der Waals surface area contributed by atoms with Crippen molar-refractivity contribution in [3.8, 4) is 11.5 Å². The first-order valence-corrected chi connectivity index (χ1v) is 17.3. The number of fused-ring (bicyclic) bond motifs is 2. The van der Waals surface area contributed by atoms with Crippen molar-refractivity contribution in [3.63, 3.8) is 0 Å². The van der Waals surface area contributed by atoms with Crippen LogP contribution in [-0.2, 0) is 15.3 Å². The van der Waals surface area contributed by atoms with E-state index in [1.807, 2.05) is 0 Å². The smallest absolute Gasteiger partial charge is 0.229 e. The molecule has 3 nitrogen and oxygen atoms in total. The highest BCUT2D eigenvalue weighted by Crippen LogP contribution is 2.53. The number of benzene rings is 6. The number of hydrogen-bond acceptors (Lipinski definition) is 3. The lowest BCUT2D eigenvalue weighted by atomic mass is 9.93. The predicted molar refractivity (Wildman–Crippen MR) is 185 cm³/mol. The highest BCUT2D eigenvalue weighted by Gasteiger charge is 2.46. The van der Waals surface area contributed by atoms with Crippen molar-refractivity contribution in [2.24, 2.45) is 0 Å². The molecule has 0 bridgehead atoms. The first-order valence-electron chi connectivity index (χ1n) is 14.6. The van der Waals surface area contributed by atoms with Crippen molar-refractivity contribution >= 4 is 47.7 Å². The summed E-state index contributed by atoms with van der Waals surface area (Å²) in [6, 6.07) is 55.6. The van der Waals surface area contributed by atoms with Crippen LogP contribution in [-0.4, -0.2) is 14.2 Å². The zero-order valence-electron chi connectivity index (χ0n) is 24.6. The van der Waals surface area contributed by atoms with Gasteiger partial charge in [0.05, 0.1) is 11.1 Å². The highest BCUT2D eigenvalue weighted by molar-refractivity contribution is 7.80. The third-order valence-electron chi connectivity index (χ3n) is 8.02. The molecule has 5 heteroatoms. The van der Waals surface area contributed by atoms with E-state index in [4.69, 9.17) is 14.2 Å². The number of hydrogen-bond donors (Lipinski definition) is 0. The first kappa shape index (κ1) is 28.7. The number of rotatable bonds is 8. The van der Waals surface area contributed by atoms with Gasteiger partial charge in [-0.3, -0.25) is 0 Å². The lowest BCUT2D eigenvalue weighted by Gasteiger charge is -2.40. The van der Waals surface area contributed by atoms with E-state index in [0.717, 1.165) is 33.2 Å². The summed E-state index contributed by atoms with van der Waals surface area (Å²) in [6.45, 7) is 0. The normalized spacial score (nSPS) is 13.3. The Morgan fingerprint density at radius 1 is 0.409 bits per heavy atom. The Bertz CT molecular complexity index is 1650. The molecule has 6 aromatic carbocycles. The van der Waals surface area contributed by atoms with E-state index in [2.05, 4.69) is 158 Å². The summed E-state index contributed by atoms with van der Waals surface area (Å²) < 4.78 is 20.0. The van der Waals surface area contributed by atoms with Crippen molar-refractivity contribution in [2.45, 2.75) is 5.79 Å². The Balaban J connectivity index is 1.49. The van der Waals surface area contributed by atoms with E-state index in [9.17, 15) is 0 Å². The third kappa shape index (κ3) is 4.97. The van der Waals surface area contributed by atoms with Gasteiger partial charge in [-0.25, -0.2) is 0 Å². The molecule has 0 amide bonds. The zero-order chi connectivity index (χ0) is 29.9. The Hall–Kier alpha value is -4.10. The van der Waals surface area contributed by atoms with Crippen LogP contribution in [0.5, 0.6) is 11.5 Å². The Morgan fingerprint density at radius 3 is 1.02 bits per heavy atom. The molecule has 0 aromatic heterocycles. The molecule has 1 heterocycles. The van der Waals surface area contributed by atoms with E-state index in [1.165, 1.54) is 21.2 Å². The van der Waals surface area contributed by atoms with Crippen LogP contribution in [0.25, 0.3) is 0 Å². The van der Waals surface area contributed by atoms with Crippen LogP contribution < -0.4 is 36.6 Å². The monoisotopic (exact) mass is 610 g/mol. The molecule has 216 valence electrons. The molecule has 1 aliphatic heterocycles. The molecule has 0 spiro atoms. The standard InChI is InChI=1S/C39H32O3P2/c1-40-39(41-2)33-25-15-27-35(43(29-17-7-3-8-18-29)30-19-9-4-10-20-30)37(33)42-38-34(39)26-16-28-36(38)44(31-21-11-5-12-22-31)32-23-13-6-14-24-32/h3-28H,1-2H3. The van der Waals surface area contributed by atoms with Crippen LogP contribution in [0, 0.1) is 0 Å². The molecule has 0 saturated heterocycles. The molecule has 44 heavy (non-hydrogen) atoms. The molecular formula is C39H32O3P2. The maximum atomic E-state index is 7.22. The van der Waals surface area contributed by atoms with Gasteiger partial charge in [-0.15, -0.1) is 0 Å². The van der Waals surface area contributed by atoms with Crippen LogP contribution in [0.3, 0.4) is 0 Å². The van der Waals surface area contributed by atoms with Gasteiger partial charge in [0.2, 0.25) is 5.79 Å². The van der Waals surface area contributed by atoms with Gasteiger partial charge < -0.3 is 14.2 Å². The average Bonchev–Trinajstić information content (AvgIpc) is 3.10. The minimum atomic E-state index is -1.14. The molecule has 0 fully saturated rings. The van der Waals surface area contributed by atoms with Crippen LogP contribution >= 0.6 is 15.8 Å². The summed E-state index contributed by atoms with van der Waals surface area (Å²) in [5, 5.41) is 7.25. The Morgan fingerprint density at radius 2 is 0.727 bits per heavy atom. The molecule has 0 atom stereocenters. The fourth-order valence-corrected chi connectivity index (χ4v) is 10.9. The minimum Gasteiger partial charge on any atom is -0.455 e. The number of para-hydroxylation sites is 2. The van der Waals surface area contributed by atoms with E-state index in [1.54, 1.807) is 14.2 Å². The van der Waals surface area contributed by atoms with E-state index < -0.39 is 21.6 Å². The highest BCUT2D eigenvalue weighted by atomic mass is 31.1. The third-order valence-corrected chi connectivity index (χ3v) is 12.9. The van der Waals surface area contributed by atoms with Crippen LogP contribution in [0.2, 0.25) is 0 Å². The first-order chi connectivity index (χ1) is 21.7. The van der Waals surface area contributed by atoms with Crippen molar-refractivity contribution in [1.29, 1.82) is 0 Å². The zero-order valence-corrected chi connectivity index (χ0v) is 26.4. The van der Waals surface area contributed by atoms with E-state index in [-0.39, 0.29) is 0 Å². The Kier molecular flexibility index (Phi) is 8.13. The largest absolute Gasteiger partial charge is 0.455 e. The van der Waals surface area contributed by atoms with Gasteiger partial charge in [-0.1, -0.05) is 146 Å². The quantitative estimate of drug-likeness (QED) is 0.140. The summed E-state index contributed by atoms with van der Waals surface area (Å²) in [5.74, 6) is 0.453. The van der Waals surface area contributed by atoms with Crippen molar-refractivity contribution < 1.29 is 14.2 Å². The topological polar surface area (TPSA) is 27.7 Å². The average molecular weight is 611 g/mol. The van der Waals surface area contributed by atoms with Gasteiger partial charge in [0.15, 0.2) is 0 Å². The summed E-state index contributed by atoms with van der Waals surface area (Å²) in [6.07, 6.45) is 0. The summed E-state index contributed by atoms with van der Waals surface area (Å²) in [5.41, 5.74) is 1.74. The van der Waals surface area contributed by atoms with Crippen molar-refractivity contribution in [3.05, 3.63) is 169 Å². The second kappa shape index (κ2) is 12.5. The minimum absolute atomic E-state index is 0.797. The van der Waals surface area contributed by atoms with Gasteiger partial charge in [0.25, 0.3) is 0 Å². The van der Waals surface area contributed by atoms with Crippen LogP contribution in [0.15, 0.2) is 158 Å². The van der Waals surface area contributed by atoms with Gasteiger partial charge in [0, 0.05) is 24.8 Å². The maximum absolute atomic E-state index is 7.22. The fraction of sp³-hybridized carbons (Fsp3) is 0.0769. The lowest BCUT2D eigenvalue weighted by molar-refractivity contribution is -0.187. The predicted octanol–water partition coefficient (Wildman–Crippen LogP) is 6.80. The maximum Gasteiger partial charge on any atom is 0.229 e. The molecule has 0 aliphatic carbocycles. The summed E-state index contributed by atoms with van der Waals surface area (Å²) in [4.78, 5) is 0. The van der Waals surface area contributed by atoms with Crippen LogP contribution in [0.1, 0.15) is 11.1 Å². The molecular weight excluding hydrogens is 578 g/mol. The van der Waals surface area contributed by atoms with E-state index >= 15 is 0 Å². The molecule has 0 radical (unpaired) electrons. The van der Waals surface area contributed by atoms with Crippen LogP contribution in [0.4, 0.5) is 0 Å². The second-order valence-corrected chi connectivity index (χ2v) is 14.8. The molecule has 7 rings (SSSR count). The van der Waals surface area contributed by atoms with Crippen molar-refractivity contribution in [1.82, 2.24) is 0 Å². The molecule has 0 N–H and O–H groups in total. The lowest BCUT2D eigenvalue weighted by Crippen LogP contribution is -2.39. The molecule has 1 aliphatic rings. The van der Waals surface area contributed by atoms with Gasteiger partial charge in [-0.05, 0) is 49.2 Å². The van der Waals surface area contributed by atoms with Gasteiger partial charge in [0.1, 0.15) is 11.5 Å². The SMILES string of the molecule is COC1(OC)c2cccc(P(c3ccccc3)c3ccccc3)c2Oc2c(P(c3ccccc3)c3ccccc3)cccc21. The number of ether oxygens (including phenoxy) is 3. The molecule has 0 unspecified atom stereocenters. The number of methoxy groups -OCH3 is 2. The molecule has 6 aromatic rings. The van der Waals surface area contributed by atoms with Gasteiger partial charge >= 0.3 is 0 Å². The molecule has 0 saturated carbocycles. The van der Waals surface area contributed by atoms with Crippen molar-refractivity contribution in [2.75, 3.05) is 14.2 Å².